The van der Waals surface area contributed by atoms with Crippen molar-refractivity contribution >= 4 is 17.4 Å². The number of piperidine rings is 1. The number of carbonyl (C=O) groups is 1. The third-order valence-corrected chi connectivity index (χ3v) is 7.10. The molecule has 0 atom stereocenters. The first kappa shape index (κ1) is 23.7. The molecule has 35 heavy (non-hydrogen) atoms. The van der Waals surface area contributed by atoms with E-state index >= 15 is 0 Å². The molecule has 0 amide bonds. The fraction of sp³-hybridized carbons (Fsp3) is 0.500. The predicted molar refractivity (Wildman–Crippen MR) is 128 cm³/mol. The monoisotopic (exact) mass is 482 g/mol. The Balaban J connectivity index is 1.54. The second-order valence-corrected chi connectivity index (χ2v) is 9.77. The minimum Gasteiger partial charge on any atom is -0.481 e. The summed E-state index contributed by atoms with van der Waals surface area (Å²) in [6, 6.07) is 6.71. The number of hydrogen-bond donors (Lipinski definition) is 1. The molecule has 3 aromatic rings. The van der Waals surface area contributed by atoms with Gasteiger partial charge in [-0.2, -0.15) is 9.61 Å². The van der Waals surface area contributed by atoms with Crippen LogP contribution in [0.5, 0.6) is 0 Å². The molecule has 0 unspecified atom stereocenters. The molecule has 4 bridgehead atoms. The van der Waals surface area contributed by atoms with Crippen molar-refractivity contribution in [3.05, 3.63) is 58.2 Å². The summed E-state index contributed by atoms with van der Waals surface area (Å²) in [7, 11) is 0. The van der Waals surface area contributed by atoms with Crippen LogP contribution in [0.15, 0.2) is 24.3 Å². The zero-order chi connectivity index (χ0) is 24.6. The van der Waals surface area contributed by atoms with Crippen LogP contribution in [0.3, 0.4) is 0 Å². The highest BCUT2D eigenvalue weighted by Crippen LogP contribution is 2.33. The third kappa shape index (κ3) is 5.01. The van der Waals surface area contributed by atoms with Crippen molar-refractivity contribution in [1.29, 1.82) is 0 Å². The average molecular weight is 483 g/mol. The van der Waals surface area contributed by atoms with Gasteiger partial charge in [0, 0.05) is 37.0 Å². The summed E-state index contributed by atoms with van der Waals surface area (Å²) in [5.41, 5.74) is 4.38. The topological polar surface area (TPSA) is 89.2 Å². The Hall–Kier alpha value is -3.04. The van der Waals surface area contributed by atoms with Gasteiger partial charge in [-0.1, -0.05) is 6.07 Å². The van der Waals surface area contributed by atoms with Gasteiger partial charge in [-0.15, -0.1) is 0 Å². The highest BCUT2D eigenvalue weighted by molar-refractivity contribution is 5.74. The second kappa shape index (κ2) is 9.54. The molecular formula is C26H31FN4O4. The lowest BCUT2D eigenvalue weighted by Crippen LogP contribution is -2.45. The van der Waals surface area contributed by atoms with Gasteiger partial charge in [0.05, 0.1) is 30.9 Å². The summed E-state index contributed by atoms with van der Waals surface area (Å²) >= 11 is 0. The summed E-state index contributed by atoms with van der Waals surface area (Å²) in [6.07, 6.45) is 3.02. The molecule has 1 saturated heterocycles. The molecule has 5 heterocycles. The minimum atomic E-state index is -0.898. The summed E-state index contributed by atoms with van der Waals surface area (Å²) in [5.74, 6) is -0.361. The summed E-state index contributed by atoms with van der Waals surface area (Å²) < 4.78 is 28.0. The smallest absolute Gasteiger partial charge is 0.308 e. The molecule has 0 aliphatic carbocycles. The SMILES string of the molecule is Cc1nc2cc3nn2c(c1CC(=O)O)N1CCC(C)(CC1)OCCCc1cc(F)ccc1COC3. The molecule has 1 fully saturated rings. The van der Waals surface area contributed by atoms with E-state index in [0.29, 0.717) is 35.8 Å². The first-order valence-corrected chi connectivity index (χ1v) is 12.2. The number of halogens is 1. The fourth-order valence-electron chi connectivity index (χ4n) is 5.09. The number of aliphatic carboxylic acids is 1. The van der Waals surface area contributed by atoms with Crippen LogP contribution >= 0.6 is 0 Å². The molecule has 1 N–H and O–H groups in total. The molecule has 6 rings (SSSR count). The molecular weight excluding hydrogens is 451 g/mol. The van der Waals surface area contributed by atoms with Gasteiger partial charge in [0.15, 0.2) is 5.65 Å². The van der Waals surface area contributed by atoms with E-state index in [4.69, 9.17) is 14.6 Å². The Kier molecular flexibility index (Phi) is 6.46. The van der Waals surface area contributed by atoms with Gasteiger partial charge in [-0.05, 0) is 62.8 Å². The Morgan fingerprint density at radius 2 is 2.00 bits per heavy atom. The minimum absolute atomic E-state index is 0.118. The van der Waals surface area contributed by atoms with Gasteiger partial charge in [-0.25, -0.2) is 9.37 Å². The fourth-order valence-corrected chi connectivity index (χ4v) is 5.09. The van der Waals surface area contributed by atoms with Crippen LogP contribution < -0.4 is 4.90 Å². The molecule has 1 aromatic carbocycles. The molecule has 2 aromatic heterocycles. The maximum atomic E-state index is 13.9. The van der Waals surface area contributed by atoms with Gasteiger partial charge in [0.1, 0.15) is 11.6 Å². The molecule has 3 aliphatic heterocycles. The number of rotatable bonds is 2. The van der Waals surface area contributed by atoms with Gasteiger partial charge in [0.25, 0.3) is 0 Å². The maximum absolute atomic E-state index is 13.9. The number of carboxylic acids is 1. The van der Waals surface area contributed by atoms with Crippen molar-refractivity contribution in [2.45, 2.75) is 64.8 Å². The Bertz CT molecular complexity index is 1250. The van der Waals surface area contributed by atoms with E-state index in [0.717, 1.165) is 55.7 Å². The number of nitrogens with zero attached hydrogens (tertiary/aromatic N) is 4. The van der Waals surface area contributed by atoms with E-state index in [9.17, 15) is 14.3 Å². The molecule has 3 aliphatic rings. The van der Waals surface area contributed by atoms with Crippen molar-refractivity contribution in [1.82, 2.24) is 14.6 Å². The molecule has 0 radical (unpaired) electrons. The van der Waals surface area contributed by atoms with E-state index in [1.54, 1.807) is 16.6 Å². The highest BCUT2D eigenvalue weighted by Gasteiger charge is 2.33. The lowest BCUT2D eigenvalue weighted by molar-refractivity contribution is -0.136. The van der Waals surface area contributed by atoms with Crippen LogP contribution in [-0.4, -0.2) is 51.0 Å². The molecule has 0 spiro atoms. The number of benzene rings is 1. The van der Waals surface area contributed by atoms with Crippen molar-refractivity contribution in [2.24, 2.45) is 0 Å². The van der Waals surface area contributed by atoms with Crippen LogP contribution in [0.2, 0.25) is 0 Å². The van der Waals surface area contributed by atoms with Crippen molar-refractivity contribution < 1.29 is 23.8 Å². The van der Waals surface area contributed by atoms with Gasteiger partial charge in [-0.3, -0.25) is 4.79 Å². The largest absolute Gasteiger partial charge is 0.481 e. The lowest BCUT2D eigenvalue weighted by atomic mass is 9.92. The van der Waals surface area contributed by atoms with E-state index < -0.39 is 5.97 Å². The quantitative estimate of drug-likeness (QED) is 0.594. The zero-order valence-corrected chi connectivity index (χ0v) is 20.2. The second-order valence-electron chi connectivity index (χ2n) is 9.77. The summed E-state index contributed by atoms with van der Waals surface area (Å²) in [5, 5.41) is 14.3. The van der Waals surface area contributed by atoms with Crippen molar-refractivity contribution in [2.75, 3.05) is 24.6 Å². The number of anilines is 1. The Labute approximate surface area is 203 Å². The van der Waals surface area contributed by atoms with Crippen molar-refractivity contribution in [3.8, 4) is 0 Å². The summed E-state index contributed by atoms with van der Waals surface area (Å²) in [6.45, 7) is 6.65. The first-order chi connectivity index (χ1) is 16.8. The standard InChI is InChI=1S/C26H31FN4O4/c1-17-22(14-24(32)33)25-30-9-7-26(2,8-10-30)35-11-3-4-18-12-20(27)6-5-19(18)15-34-16-21-13-23(28-17)31(25)29-21/h5-6,12-13H,3-4,7-11,14-16H2,1-2H3,(H,32,33). The normalized spacial score (nSPS) is 18.5. The van der Waals surface area contributed by atoms with Gasteiger partial charge < -0.3 is 19.5 Å². The Morgan fingerprint density at radius 3 is 2.77 bits per heavy atom. The number of ether oxygens (including phenoxy) is 2. The number of aryl methyl sites for hydroxylation is 2. The molecule has 9 heteroatoms. The van der Waals surface area contributed by atoms with E-state index in [1.165, 1.54) is 6.07 Å². The average Bonchev–Trinajstić information content (AvgIpc) is 3.21. The van der Waals surface area contributed by atoms with Crippen LogP contribution in [0.4, 0.5) is 10.2 Å². The number of carboxylic acid groups (broad SMARTS) is 1. The third-order valence-electron chi connectivity index (χ3n) is 7.10. The van der Waals surface area contributed by atoms with Crippen LogP contribution in [0.25, 0.3) is 5.65 Å². The Morgan fingerprint density at radius 1 is 1.20 bits per heavy atom. The first-order valence-electron chi connectivity index (χ1n) is 12.2. The summed E-state index contributed by atoms with van der Waals surface area (Å²) in [4.78, 5) is 18.5. The van der Waals surface area contributed by atoms with Gasteiger partial charge in [0.2, 0.25) is 0 Å². The molecule has 0 saturated carbocycles. The van der Waals surface area contributed by atoms with E-state index in [-0.39, 0.29) is 24.4 Å². The maximum Gasteiger partial charge on any atom is 0.308 e. The highest BCUT2D eigenvalue weighted by atomic mass is 19.1. The van der Waals surface area contributed by atoms with Crippen LogP contribution in [0.1, 0.15) is 54.3 Å². The van der Waals surface area contributed by atoms with Crippen LogP contribution in [0, 0.1) is 12.7 Å². The van der Waals surface area contributed by atoms with E-state index in [1.807, 2.05) is 13.0 Å². The number of aromatic nitrogens is 3. The van der Waals surface area contributed by atoms with Crippen molar-refractivity contribution in [3.63, 3.8) is 0 Å². The zero-order valence-electron chi connectivity index (χ0n) is 20.2. The van der Waals surface area contributed by atoms with Crippen LogP contribution in [-0.2, 0) is 40.3 Å². The molecule has 8 nitrogen and oxygen atoms in total. The number of hydrogen-bond acceptors (Lipinski definition) is 6. The number of fused-ring (bicyclic) bond motifs is 7. The molecule has 186 valence electrons. The predicted octanol–water partition coefficient (Wildman–Crippen LogP) is 3.84. The van der Waals surface area contributed by atoms with Gasteiger partial charge >= 0.3 is 5.97 Å². The lowest BCUT2D eigenvalue weighted by Gasteiger charge is -2.41. The van der Waals surface area contributed by atoms with E-state index in [2.05, 4.69) is 16.8 Å².